The van der Waals surface area contributed by atoms with Gasteiger partial charge in [-0.2, -0.15) is 4.31 Å². The minimum Gasteiger partial charge on any atom is -0.212 e. The molecule has 0 radical (unpaired) electrons. The highest BCUT2D eigenvalue weighted by molar-refractivity contribution is 7.89. The number of nitrogens with zero attached hydrogens (tertiary/aromatic N) is 1. The Morgan fingerprint density at radius 1 is 1.32 bits per heavy atom. The molecule has 0 amide bonds. The van der Waals surface area contributed by atoms with Crippen LogP contribution in [0.15, 0.2) is 24.3 Å². The number of hydrogen-bond donors (Lipinski definition) is 0. The van der Waals surface area contributed by atoms with Gasteiger partial charge in [-0.3, -0.25) is 0 Å². The molecule has 2 unspecified atom stereocenters. The molecule has 0 spiro atoms. The number of halogens is 2. The van der Waals surface area contributed by atoms with Gasteiger partial charge in [-0.15, -0.1) is 11.6 Å². The summed E-state index contributed by atoms with van der Waals surface area (Å²) in [4.78, 5) is 0. The molecule has 2 atom stereocenters. The monoisotopic (exact) mass is 307 g/mol. The van der Waals surface area contributed by atoms with Gasteiger partial charge in [-0.05, 0) is 18.9 Å². The first kappa shape index (κ1) is 16.4. The van der Waals surface area contributed by atoms with E-state index in [9.17, 15) is 12.8 Å². The average molecular weight is 308 g/mol. The Balaban J connectivity index is 2.94. The molecule has 0 aliphatic rings. The lowest BCUT2D eigenvalue weighted by Gasteiger charge is -2.26. The summed E-state index contributed by atoms with van der Waals surface area (Å²) in [6.07, 6.45) is 0. The van der Waals surface area contributed by atoms with Gasteiger partial charge in [0.05, 0.1) is 5.75 Å². The van der Waals surface area contributed by atoms with Gasteiger partial charge < -0.3 is 0 Å². The van der Waals surface area contributed by atoms with Crippen LogP contribution in [0.25, 0.3) is 0 Å². The number of hydrogen-bond acceptors (Lipinski definition) is 2. The van der Waals surface area contributed by atoms with Gasteiger partial charge in [-0.25, -0.2) is 12.8 Å². The third-order valence-electron chi connectivity index (χ3n) is 3.10. The van der Waals surface area contributed by atoms with Crippen molar-refractivity contribution in [3.05, 3.63) is 35.6 Å². The first-order valence-electron chi connectivity index (χ1n) is 6.05. The first-order valence-corrected chi connectivity index (χ1v) is 8.20. The quantitative estimate of drug-likeness (QED) is 0.758. The van der Waals surface area contributed by atoms with Gasteiger partial charge >= 0.3 is 0 Å². The van der Waals surface area contributed by atoms with Crippen molar-refractivity contribution in [2.45, 2.75) is 19.9 Å². The molecule has 108 valence electrons. The van der Waals surface area contributed by atoms with E-state index in [1.165, 1.54) is 17.4 Å². The van der Waals surface area contributed by atoms with E-state index in [4.69, 9.17) is 11.6 Å². The van der Waals surface area contributed by atoms with Crippen molar-refractivity contribution < 1.29 is 12.8 Å². The second-order valence-corrected chi connectivity index (χ2v) is 7.13. The van der Waals surface area contributed by atoms with E-state index in [0.717, 1.165) is 0 Å². The third kappa shape index (κ3) is 4.16. The topological polar surface area (TPSA) is 37.4 Å². The smallest absolute Gasteiger partial charge is 0.212 e. The molecule has 6 heteroatoms. The predicted octanol–water partition coefficient (Wildman–Crippen LogP) is 3.02. The van der Waals surface area contributed by atoms with Crippen LogP contribution in [0.2, 0.25) is 0 Å². The Morgan fingerprint density at radius 3 is 2.42 bits per heavy atom. The summed E-state index contributed by atoms with van der Waals surface area (Å²) in [5, 5.41) is 0. The van der Waals surface area contributed by atoms with E-state index < -0.39 is 21.9 Å². The summed E-state index contributed by atoms with van der Waals surface area (Å²) in [6, 6.07) is 5.64. The molecule has 0 bridgehead atoms. The molecule has 0 aliphatic heterocycles. The summed E-state index contributed by atoms with van der Waals surface area (Å²) in [5.74, 6) is -0.295. The van der Waals surface area contributed by atoms with Crippen molar-refractivity contribution in [2.75, 3.05) is 18.7 Å². The van der Waals surface area contributed by atoms with Crippen molar-refractivity contribution >= 4 is 21.6 Å². The number of benzene rings is 1. The normalized spacial score (nSPS) is 15.5. The summed E-state index contributed by atoms with van der Waals surface area (Å²) >= 11 is 5.64. The van der Waals surface area contributed by atoms with E-state index >= 15 is 0 Å². The van der Waals surface area contributed by atoms with Crippen molar-refractivity contribution in [1.29, 1.82) is 0 Å². The molecule has 0 aliphatic carbocycles. The minimum absolute atomic E-state index is 0.0359. The first-order chi connectivity index (χ1) is 8.79. The largest absolute Gasteiger partial charge is 0.214 e. The molecular weight excluding hydrogens is 289 g/mol. The zero-order valence-electron chi connectivity index (χ0n) is 11.3. The zero-order chi connectivity index (χ0) is 14.6. The highest BCUT2D eigenvalue weighted by atomic mass is 35.5. The van der Waals surface area contributed by atoms with E-state index in [0.29, 0.717) is 5.56 Å². The molecule has 0 heterocycles. The van der Waals surface area contributed by atoms with Gasteiger partial charge in [0.15, 0.2) is 0 Å². The fraction of sp³-hybridized carbons (Fsp3) is 0.538. The molecule has 0 saturated carbocycles. The van der Waals surface area contributed by atoms with Crippen LogP contribution in [0, 0.1) is 11.7 Å². The minimum atomic E-state index is -3.45. The van der Waals surface area contributed by atoms with Crippen LogP contribution in [0.1, 0.15) is 25.5 Å². The fourth-order valence-electron chi connectivity index (χ4n) is 1.77. The molecule has 1 aromatic carbocycles. The Kier molecular flexibility index (Phi) is 5.77. The maximum atomic E-state index is 13.7. The van der Waals surface area contributed by atoms with Crippen LogP contribution >= 0.6 is 11.6 Å². The van der Waals surface area contributed by atoms with E-state index in [2.05, 4.69) is 0 Å². The SMILES string of the molecule is CC(CCl)CS(=O)(=O)N(C)C(C)c1ccccc1F. The summed E-state index contributed by atoms with van der Waals surface area (Å²) in [5.41, 5.74) is 0.368. The number of sulfonamides is 1. The van der Waals surface area contributed by atoms with Gasteiger partial charge in [0.2, 0.25) is 10.0 Å². The Morgan fingerprint density at radius 2 is 1.89 bits per heavy atom. The lowest BCUT2D eigenvalue weighted by atomic mass is 10.1. The van der Waals surface area contributed by atoms with Crippen LogP contribution in [-0.2, 0) is 10.0 Å². The molecule has 1 rings (SSSR count). The van der Waals surface area contributed by atoms with Gasteiger partial charge in [0.1, 0.15) is 5.82 Å². The second-order valence-electron chi connectivity index (χ2n) is 4.75. The second kappa shape index (κ2) is 6.68. The van der Waals surface area contributed by atoms with Crippen molar-refractivity contribution in [3.63, 3.8) is 0 Å². The molecule has 19 heavy (non-hydrogen) atoms. The lowest BCUT2D eigenvalue weighted by molar-refractivity contribution is 0.384. The van der Waals surface area contributed by atoms with Crippen LogP contribution in [0.5, 0.6) is 0 Å². The maximum Gasteiger partial charge on any atom is 0.214 e. The zero-order valence-corrected chi connectivity index (χ0v) is 12.9. The van der Waals surface area contributed by atoms with Gasteiger partial charge in [0, 0.05) is 24.5 Å². The van der Waals surface area contributed by atoms with Crippen molar-refractivity contribution in [2.24, 2.45) is 5.92 Å². The van der Waals surface area contributed by atoms with Gasteiger partial charge in [0.25, 0.3) is 0 Å². The number of rotatable bonds is 6. The molecular formula is C13H19ClFNO2S. The average Bonchev–Trinajstić information content (AvgIpc) is 2.37. The van der Waals surface area contributed by atoms with Gasteiger partial charge in [-0.1, -0.05) is 25.1 Å². The van der Waals surface area contributed by atoms with E-state index in [-0.39, 0.29) is 17.6 Å². The molecule has 0 saturated heterocycles. The summed E-state index contributed by atoms with van der Waals surface area (Å²) in [7, 11) is -1.99. The lowest BCUT2D eigenvalue weighted by Crippen LogP contribution is -2.34. The van der Waals surface area contributed by atoms with Crippen molar-refractivity contribution in [3.8, 4) is 0 Å². The van der Waals surface area contributed by atoms with Crippen LogP contribution in [0.3, 0.4) is 0 Å². The summed E-state index contributed by atoms with van der Waals surface area (Å²) < 4.78 is 39.2. The Bertz CT molecular complexity index is 521. The maximum absolute atomic E-state index is 13.7. The van der Waals surface area contributed by atoms with Crippen LogP contribution in [-0.4, -0.2) is 31.4 Å². The predicted molar refractivity (Wildman–Crippen MR) is 76.2 cm³/mol. The van der Waals surface area contributed by atoms with E-state index in [1.54, 1.807) is 32.0 Å². The molecule has 1 aromatic rings. The van der Waals surface area contributed by atoms with Crippen molar-refractivity contribution in [1.82, 2.24) is 4.31 Å². The highest BCUT2D eigenvalue weighted by Crippen LogP contribution is 2.24. The Hall–Kier alpha value is -0.650. The van der Waals surface area contributed by atoms with Crippen LogP contribution < -0.4 is 0 Å². The molecule has 0 fully saturated rings. The Labute approximate surface area is 119 Å². The van der Waals surface area contributed by atoms with E-state index in [1.807, 2.05) is 0 Å². The number of alkyl halides is 1. The summed E-state index contributed by atoms with van der Waals surface area (Å²) in [6.45, 7) is 3.44. The molecule has 3 nitrogen and oxygen atoms in total. The molecule has 0 aromatic heterocycles. The van der Waals surface area contributed by atoms with Crippen LogP contribution in [0.4, 0.5) is 4.39 Å². The highest BCUT2D eigenvalue weighted by Gasteiger charge is 2.27. The standard InChI is InChI=1S/C13H19ClFNO2S/c1-10(8-14)9-19(17,18)16(3)11(2)12-6-4-5-7-13(12)15/h4-7,10-11H,8-9H2,1-3H3. The third-order valence-corrected chi connectivity index (χ3v) is 5.81. The molecule has 0 N–H and O–H groups in total. The fourth-order valence-corrected chi connectivity index (χ4v) is 3.68.